The quantitative estimate of drug-likeness (QED) is 0.816. The van der Waals surface area contributed by atoms with E-state index >= 15 is 0 Å². The lowest BCUT2D eigenvalue weighted by Gasteiger charge is -2.17. The van der Waals surface area contributed by atoms with Gasteiger partial charge >= 0.3 is 5.97 Å². The number of esters is 1. The second-order valence-corrected chi connectivity index (χ2v) is 5.17. The van der Waals surface area contributed by atoms with Gasteiger partial charge in [-0.2, -0.15) is 0 Å². The molecule has 1 aliphatic rings. The van der Waals surface area contributed by atoms with Crippen LogP contribution < -0.4 is 4.90 Å². The van der Waals surface area contributed by atoms with Gasteiger partial charge in [-0.05, 0) is 23.8 Å². The standard InChI is InChI=1S/C17H16N2O3/c1-22-16(20)10-12-11-19(15-8-3-2-6-13(12)15)17(21)14-7-4-5-9-18-14/h2-9,12H,10-11H2,1H3. The number of carbonyl (C=O) groups excluding carboxylic acids is 2. The number of para-hydroxylation sites is 1. The minimum atomic E-state index is -0.271. The van der Waals surface area contributed by atoms with Crippen molar-refractivity contribution in [2.75, 3.05) is 18.6 Å². The van der Waals surface area contributed by atoms with Crippen molar-refractivity contribution in [3.8, 4) is 0 Å². The van der Waals surface area contributed by atoms with Crippen molar-refractivity contribution in [3.05, 3.63) is 59.9 Å². The van der Waals surface area contributed by atoms with Gasteiger partial charge in [0.05, 0.1) is 13.5 Å². The number of rotatable bonds is 3. The molecular formula is C17H16N2O3. The summed E-state index contributed by atoms with van der Waals surface area (Å²) in [6.07, 6.45) is 1.86. The lowest BCUT2D eigenvalue weighted by molar-refractivity contribution is -0.141. The summed E-state index contributed by atoms with van der Waals surface area (Å²) in [5.74, 6) is -0.469. The zero-order chi connectivity index (χ0) is 15.5. The molecule has 0 radical (unpaired) electrons. The predicted molar refractivity (Wildman–Crippen MR) is 81.7 cm³/mol. The van der Waals surface area contributed by atoms with Gasteiger partial charge in [0.1, 0.15) is 5.69 Å². The van der Waals surface area contributed by atoms with Crippen LogP contribution in [-0.2, 0) is 9.53 Å². The van der Waals surface area contributed by atoms with Crippen LogP contribution in [0.5, 0.6) is 0 Å². The third-order valence-electron chi connectivity index (χ3n) is 3.84. The number of anilines is 1. The van der Waals surface area contributed by atoms with Crippen LogP contribution in [0.1, 0.15) is 28.4 Å². The van der Waals surface area contributed by atoms with E-state index in [0.717, 1.165) is 11.3 Å². The maximum atomic E-state index is 12.7. The molecule has 0 spiro atoms. The first kappa shape index (κ1) is 14.3. The van der Waals surface area contributed by atoms with Gasteiger partial charge in [0.15, 0.2) is 0 Å². The van der Waals surface area contributed by atoms with E-state index < -0.39 is 0 Å². The number of hydrogen-bond acceptors (Lipinski definition) is 4. The van der Waals surface area contributed by atoms with E-state index in [4.69, 9.17) is 4.74 Å². The van der Waals surface area contributed by atoms with Crippen LogP contribution >= 0.6 is 0 Å². The number of pyridine rings is 1. The average molecular weight is 296 g/mol. The number of carbonyl (C=O) groups is 2. The summed E-state index contributed by atoms with van der Waals surface area (Å²) < 4.78 is 4.75. The lowest BCUT2D eigenvalue weighted by atomic mass is 9.98. The molecule has 0 saturated heterocycles. The Labute approximate surface area is 128 Å². The zero-order valence-corrected chi connectivity index (χ0v) is 12.2. The Balaban J connectivity index is 1.91. The Morgan fingerprint density at radius 1 is 1.23 bits per heavy atom. The van der Waals surface area contributed by atoms with E-state index in [1.807, 2.05) is 24.3 Å². The molecule has 112 valence electrons. The number of nitrogens with zero attached hydrogens (tertiary/aromatic N) is 2. The minimum Gasteiger partial charge on any atom is -0.469 e. The highest BCUT2D eigenvalue weighted by atomic mass is 16.5. The highest BCUT2D eigenvalue weighted by Crippen LogP contribution is 2.38. The molecule has 22 heavy (non-hydrogen) atoms. The zero-order valence-electron chi connectivity index (χ0n) is 12.2. The van der Waals surface area contributed by atoms with Crippen LogP contribution in [0, 0.1) is 0 Å². The van der Waals surface area contributed by atoms with Gasteiger partial charge < -0.3 is 9.64 Å². The Bertz CT molecular complexity index is 700. The van der Waals surface area contributed by atoms with Crippen molar-refractivity contribution in [2.24, 2.45) is 0 Å². The van der Waals surface area contributed by atoms with Crippen molar-refractivity contribution in [1.82, 2.24) is 4.98 Å². The van der Waals surface area contributed by atoms with Crippen LogP contribution in [0.2, 0.25) is 0 Å². The molecule has 1 unspecified atom stereocenters. The maximum absolute atomic E-state index is 12.7. The predicted octanol–water partition coefficient (Wildman–Crippen LogP) is 2.39. The van der Waals surface area contributed by atoms with Crippen molar-refractivity contribution in [3.63, 3.8) is 0 Å². The molecule has 1 aromatic carbocycles. The maximum Gasteiger partial charge on any atom is 0.306 e. The third-order valence-corrected chi connectivity index (χ3v) is 3.84. The number of hydrogen-bond donors (Lipinski definition) is 0. The molecule has 0 saturated carbocycles. The van der Waals surface area contributed by atoms with Crippen molar-refractivity contribution in [1.29, 1.82) is 0 Å². The number of amides is 1. The van der Waals surface area contributed by atoms with Gasteiger partial charge in [-0.1, -0.05) is 24.3 Å². The Morgan fingerprint density at radius 3 is 2.73 bits per heavy atom. The number of benzene rings is 1. The molecule has 0 bridgehead atoms. The van der Waals surface area contributed by atoms with E-state index in [-0.39, 0.29) is 24.2 Å². The highest BCUT2D eigenvalue weighted by molar-refractivity contribution is 6.06. The molecule has 5 heteroatoms. The van der Waals surface area contributed by atoms with Gasteiger partial charge in [-0.25, -0.2) is 0 Å². The van der Waals surface area contributed by atoms with Crippen molar-refractivity contribution < 1.29 is 14.3 Å². The molecule has 1 aromatic heterocycles. The molecule has 3 rings (SSSR count). The molecule has 0 N–H and O–H groups in total. The highest BCUT2D eigenvalue weighted by Gasteiger charge is 2.34. The Kier molecular flexibility index (Phi) is 3.87. The summed E-state index contributed by atoms with van der Waals surface area (Å²) in [5.41, 5.74) is 2.24. The van der Waals surface area contributed by atoms with Crippen LogP contribution in [0.15, 0.2) is 48.7 Å². The molecule has 1 amide bonds. The summed E-state index contributed by atoms with van der Waals surface area (Å²) >= 11 is 0. The lowest BCUT2D eigenvalue weighted by Crippen LogP contribution is -2.30. The Hall–Kier alpha value is -2.69. The molecule has 2 heterocycles. The number of methoxy groups -OCH3 is 1. The fraction of sp³-hybridized carbons (Fsp3) is 0.235. The number of ether oxygens (including phenoxy) is 1. The van der Waals surface area contributed by atoms with E-state index in [2.05, 4.69) is 4.98 Å². The fourth-order valence-electron chi connectivity index (χ4n) is 2.77. The topological polar surface area (TPSA) is 59.5 Å². The van der Waals surface area contributed by atoms with Gasteiger partial charge in [0, 0.05) is 24.3 Å². The fourth-order valence-corrected chi connectivity index (χ4v) is 2.77. The first-order valence-electron chi connectivity index (χ1n) is 7.09. The molecular weight excluding hydrogens is 280 g/mol. The van der Waals surface area contributed by atoms with E-state index in [0.29, 0.717) is 12.2 Å². The molecule has 0 fully saturated rings. The monoisotopic (exact) mass is 296 g/mol. The summed E-state index contributed by atoms with van der Waals surface area (Å²) in [5, 5.41) is 0. The Morgan fingerprint density at radius 2 is 2.00 bits per heavy atom. The number of fused-ring (bicyclic) bond motifs is 1. The smallest absolute Gasteiger partial charge is 0.306 e. The van der Waals surface area contributed by atoms with Crippen molar-refractivity contribution in [2.45, 2.75) is 12.3 Å². The summed E-state index contributed by atoms with van der Waals surface area (Å²) in [6, 6.07) is 12.9. The SMILES string of the molecule is COC(=O)CC1CN(C(=O)c2ccccn2)c2ccccc21. The van der Waals surface area contributed by atoms with Crippen LogP contribution in [0.3, 0.4) is 0 Å². The minimum absolute atomic E-state index is 0.0451. The second kappa shape index (κ2) is 5.97. The van der Waals surface area contributed by atoms with E-state index in [1.54, 1.807) is 29.3 Å². The van der Waals surface area contributed by atoms with Gasteiger partial charge in [0.2, 0.25) is 0 Å². The molecule has 2 aromatic rings. The van der Waals surface area contributed by atoms with Gasteiger partial charge in [-0.3, -0.25) is 14.6 Å². The van der Waals surface area contributed by atoms with E-state index in [1.165, 1.54) is 7.11 Å². The molecule has 1 atom stereocenters. The summed E-state index contributed by atoms with van der Waals surface area (Å²) in [4.78, 5) is 30.0. The third kappa shape index (κ3) is 2.57. The van der Waals surface area contributed by atoms with E-state index in [9.17, 15) is 9.59 Å². The molecule has 1 aliphatic heterocycles. The molecule has 5 nitrogen and oxygen atoms in total. The molecule has 0 aliphatic carbocycles. The second-order valence-electron chi connectivity index (χ2n) is 5.17. The first-order valence-corrected chi connectivity index (χ1v) is 7.09. The average Bonchev–Trinajstić information content (AvgIpc) is 2.93. The van der Waals surface area contributed by atoms with Gasteiger partial charge in [0.25, 0.3) is 5.91 Å². The van der Waals surface area contributed by atoms with Crippen LogP contribution in [-0.4, -0.2) is 30.5 Å². The van der Waals surface area contributed by atoms with Crippen LogP contribution in [0.25, 0.3) is 0 Å². The largest absolute Gasteiger partial charge is 0.469 e. The summed E-state index contributed by atoms with van der Waals surface area (Å²) in [7, 11) is 1.37. The first-order chi connectivity index (χ1) is 10.7. The van der Waals surface area contributed by atoms with Gasteiger partial charge in [-0.15, -0.1) is 0 Å². The summed E-state index contributed by atoms with van der Waals surface area (Å²) in [6.45, 7) is 0.462. The van der Waals surface area contributed by atoms with Crippen molar-refractivity contribution >= 4 is 17.6 Å². The normalized spacial score (nSPS) is 16.2. The number of aromatic nitrogens is 1. The van der Waals surface area contributed by atoms with Crippen LogP contribution in [0.4, 0.5) is 5.69 Å².